The third-order valence-corrected chi connectivity index (χ3v) is 2.97. The van der Waals surface area contributed by atoms with E-state index in [1.54, 1.807) is 6.07 Å². The Morgan fingerprint density at radius 2 is 2.20 bits per heavy atom. The first-order valence-electron chi connectivity index (χ1n) is 6.41. The largest absolute Gasteiger partial charge is 0.490 e. The predicted octanol–water partition coefficient (Wildman–Crippen LogP) is 2.49. The molecule has 0 fully saturated rings. The van der Waals surface area contributed by atoms with Gasteiger partial charge in [0.05, 0.1) is 17.9 Å². The molecule has 0 aliphatic carbocycles. The summed E-state index contributed by atoms with van der Waals surface area (Å²) < 4.78 is 5.82. The molecule has 5 nitrogen and oxygen atoms in total. The van der Waals surface area contributed by atoms with Gasteiger partial charge in [-0.15, -0.1) is 0 Å². The number of nitrogens with one attached hydrogen (secondary N) is 1. The Bertz CT molecular complexity index is 701. The van der Waals surface area contributed by atoms with Crippen molar-refractivity contribution in [2.24, 2.45) is 0 Å². The number of nitriles is 1. The number of para-hydroxylation sites is 1. The highest BCUT2D eigenvalue weighted by molar-refractivity contribution is 5.63. The van der Waals surface area contributed by atoms with Crippen LogP contribution in [0.3, 0.4) is 0 Å². The van der Waals surface area contributed by atoms with Crippen molar-refractivity contribution in [2.75, 3.05) is 0 Å². The van der Waals surface area contributed by atoms with Gasteiger partial charge in [-0.2, -0.15) is 5.26 Å². The van der Waals surface area contributed by atoms with Crippen LogP contribution in [0.15, 0.2) is 35.3 Å². The lowest BCUT2D eigenvalue weighted by atomic mass is 10.1. The maximum Gasteiger partial charge on any atom is 0.269 e. The van der Waals surface area contributed by atoms with E-state index >= 15 is 0 Å². The Morgan fingerprint density at radius 1 is 1.45 bits per heavy atom. The standard InChI is InChI=1S/C15H15N3O2/c1-3-10(2)20-13-7-5-4-6-12(13)14-17-9-11(8-16)15(19)18-14/h4-7,9-10H,3H2,1-2H3,(H,17,18,19). The average molecular weight is 269 g/mol. The fraction of sp³-hybridized carbons (Fsp3) is 0.267. The number of H-pyrrole nitrogens is 1. The molecule has 102 valence electrons. The van der Waals surface area contributed by atoms with Gasteiger partial charge in [0, 0.05) is 0 Å². The summed E-state index contributed by atoms with van der Waals surface area (Å²) in [6, 6.07) is 9.16. The molecule has 0 amide bonds. The van der Waals surface area contributed by atoms with E-state index < -0.39 is 5.56 Å². The first-order chi connectivity index (χ1) is 9.65. The number of rotatable bonds is 4. The quantitative estimate of drug-likeness (QED) is 0.924. The molecule has 0 saturated heterocycles. The minimum atomic E-state index is -0.448. The summed E-state index contributed by atoms with van der Waals surface area (Å²) in [6.45, 7) is 4.01. The molecule has 0 spiro atoms. The minimum absolute atomic E-state index is 0.00549. The lowest BCUT2D eigenvalue weighted by molar-refractivity contribution is 0.218. The van der Waals surface area contributed by atoms with Crippen LogP contribution in [0, 0.1) is 11.3 Å². The minimum Gasteiger partial charge on any atom is -0.490 e. The summed E-state index contributed by atoms with van der Waals surface area (Å²) >= 11 is 0. The fourth-order valence-corrected chi connectivity index (χ4v) is 1.68. The molecule has 20 heavy (non-hydrogen) atoms. The second kappa shape index (κ2) is 6.02. The predicted molar refractivity (Wildman–Crippen MR) is 75.4 cm³/mol. The fourth-order valence-electron chi connectivity index (χ4n) is 1.68. The first-order valence-corrected chi connectivity index (χ1v) is 6.41. The molecule has 1 N–H and O–H groups in total. The molecule has 1 unspecified atom stereocenters. The van der Waals surface area contributed by atoms with Crippen LogP contribution in [-0.2, 0) is 0 Å². The molecule has 0 saturated carbocycles. The maximum atomic E-state index is 11.7. The molecule has 2 rings (SSSR count). The zero-order chi connectivity index (χ0) is 14.5. The molecule has 0 bridgehead atoms. The summed E-state index contributed by atoms with van der Waals surface area (Å²) in [4.78, 5) is 18.4. The van der Waals surface area contributed by atoms with Crippen molar-refractivity contribution < 1.29 is 4.74 Å². The topological polar surface area (TPSA) is 78.8 Å². The summed E-state index contributed by atoms with van der Waals surface area (Å²) in [7, 11) is 0. The van der Waals surface area contributed by atoms with E-state index in [4.69, 9.17) is 10.00 Å². The molecular weight excluding hydrogens is 254 g/mol. The summed E-state index contributed by atoms with van der Waals surface area (Å²) in [5.74, 6) is 1.06. The Balaban J connectivity index is 2.45. The highest BCUT2D eigenvalue weighted by Gasteiger charge is 2.11. The first kappa shape index (κ1) is 13.8. The van der Waals surface area contributed by atoms with Crippen molar-refractivity contribution >= 4 is 0 Å². The van der Waals surface area contributed by atoms with Crippen molar-refractivity contribution in [3.63, 3.8) is 0 Å². The molecule has 1 aromatic carbocycles. The van der Waals surface area contributed by atoms with Gasteiger partial charge in [0.2, 0.25) is 0 Å². The van der Waals surface area contributed by atoms with E-state index in [0.29, 0.717) is 17.1 Å². The number of hydrogen-bond donors (Lipinski definition) is 1. The van der Waals surface area contributed by atoms with Crippen molar-refractivity contribution in [3.8, 4) is 23.2 Å². The normalized spacial score (nSPS) is 11.7. The average Bonchev–Trinajstić information content (AvgIpc) is 2.47. The molecule has 1 heterocycles. The third kappa shape index (κ3) is 2.86. The van der Waals surface area contributed by atoms with Crippen molar-refractivity contribution in [1.29, 1.82) is 5.26 Å². The van der Waals surface area contributed by atoms with Gasteiger partial charge >= 0.3 is 0 Å². The van der Waals surface area contributed by atoms with Crippen molar-refractivity contribution in [2.45, 2.75) is 26.4 Å². The number of hydrogen-bond acceptors (Lipinski definition) is 4. The Kier molecular flexibility index (Phi) is 4.16. The molecule has 0 aliphatic rings. The lowest BCUT2D eigenvalue weighted by Gasteiger charge is -2.15. The Morgan fingerprint density at radius 3 is 2.85 bits per heavy atom. The van der Waals surface area contributed by atoms with E-state index in [2.05, 4.69) is 9.97 Å². The molecule has 1 atom stereocenters. The van der Waals surface area contributed by atoms with Crippen LogP contribution < -0.4 is 10.3 Å². The van der Waals surface area contributed by atoms with E-state index in [0.717, 1.165) is 6.42 Å². The van der Waals surface area contributed by atoms with E-state index in [1.807, 2.05) is 38.1 Å². The smallest absolute Gasteiger partial charge is 0.269 e. The summed E-state index contributed by atoms with van der Waals surface area (Å²) in [6.07, 6.45) is 2.22. The number of ether oxygens (including phenoxy) is 1. The van der Waals surface area contributed by atoms with Gasteiger partial charge in [0.1, 0.15) is 23.2 Å². The van der Waals surface area contributed by atoms with Crippen LogP contribution in [-0.4, -0.2) is 16.1 Å². The van der Waals surface area contributed by atoms with Gasteiger partial charge in [-0.1, -0.05) is 19.1 Å². The second-order valence-corrected chi connectivity index (χ2v) is 4.42. The molecule has 2 aromatic rings. The number of aromatic nitrogens is 2. The molecule has 0 radical (unpaired) electrons. The second-order valence-electron chi connectivity index (χ2n) is 4.42. The SMILES string of the molecule is CCC(C)Oc1ccccc1-c1ncc(C#N)c(=O)[nH]1. The molecular formula is C15H15N3O2. The van der Waals surface area contributed by atoms with Gasteiger partial charge in [-0.25, -0.2) is 4.98 Å². The van der Waals surface area contributed by atoms with E-state index in [-0.39, 0.29) is 11.7 Å². The summed E-state index contributed by atoms with van der Waals surface area (Å²) in [5.41, 5.74) is 0.249. The van der Waals surface area contributed by atoms with Crippen molar-refractivity contribution in [1.82, 2.24) is 9.97 Å². The Labute approximate surface area is 116 Å². The van der Waals surface area contributed by atoms with Crippen LogP contribution in [0.4, 0.5) is 0 Å². The lowest BCUT2D eigenvalue weighted by Crippen LogP contribution is -2.14. The van der Waals surface area contributed by atoms with Gasteiger partial charge in [0.25, 0.3) is 5.56 Å². The van der Waals surface area contributed by atoms with Gasteiger partial charge in [0.15, 0.2) is 0 Å². The zero-order valence-corrected chi connectivity index (χ0v) is 11.4. The molecule has 5 heteroatoms. The number of aromatic amines is 1. The highest BCUT2D eigenvalue weighted by atomic mass is 16.5. The van der Waals surface area contributed by atoms with Crippen LogP contribution in [0.5, 0.6) is 5.75 Å². The van der Waals surface area contributed by atoms with Gasteiger partial charge in [-0.3, -0.25) is 4.79 Å². The number of nitrogens with zero attached hydrogens (tertiary/aromatic N) is 2. The van der Waals surface area contributed by atoms with Crippen LogP contribution >= 0.6 is 0 Å². The Hall–Kier alpha value is -2.61. The van der Waals surface area contributed by atoms with E-state index in [1.165, 1.54) is 6.20 Å². The van der Waals surface area contributed by atoms with Gasteiger partial charge in [-0.05, 0) is 25.5 Å². The van der Waals surface area contributed by atoms with Crippen LogP contribution in [0.1, 0.15) is 25.8 Å². The van der Waals surface area contributed by atoms with Crippen LogP contribution in [0.2, 0.25) is 0 Å². The van der Waals surface area contributed by atoms with E-state index in [9.17, 15) is 4.79 Å². The van der Waals surface area contributed by atoms with Crippen LogP contribution in [0.25, 0.3) is 11.4 Å². The third-order valence-electron chi connectivity index (χ3n) is 2.97. The number of benzene rings is 1. The monoisotopic (exact) mass is 269 g/mol. The maximum absolute atomic E-state index is 11.7. The summed E-state index contributed by atoms with van der Waals surface area (Å²) in [5, 5.41) is 8.75. The zero-order valence-electron chi connectivity index (χ0n) is 11.4. The van der Waals surface area contributed by atoms with Gasteiger partial charge < -0.3 is 9.72 Å². The molecule has 0 aliphatic heterocycles. The van der Waals surface area contributed by atoms with Crippen molar-refractivity contribution in [3.05, 3.63) is 46.4 Å². The molecule has 1 aromatic heterocycles. The highest BCUT2D eigenvalue weighted by Crippen LogP contribution is 2.27.